The van der Waals surface area contributed by atoms with Crippen molar-refractivity contribution in [3.8, 4) is 11.4 Å². The first-order valence-corrected chi connectivity index (χ1v) is 11.5. The SMILES string of the molecule is O=C(CCc1nc(-c2ccccc2)no1)Nc1ccc(NS(=O)(=O)c2ccc(F)c(F)c2)cc1. The third-order valence-corrected chi connectivity index (χ3v) is 6.07. The van der Waals surface area contributed by atoms with Gasteiger partial charge >= 0.3 is 0 Å². The van der Waals surface area contributed by atoms with Crippen molar-refractivity contribution in [1.82, 2.24) is 10.1 Å². The van der Waals surface area contributed by atoms with Crippen molar-refractivity contribution in [3.05, 3.63) is 90.3 Å². The number of anilines is 2. The second-order valence-corrected chi connectivity index (χ2v) is 8.87. The van der Waals surface area contributed by atoms with Crippen LogP contribution in [0.15, 0.2) is 82.2 Å². The van der Waals surface area contributed by atoms with Gasteiger partial charge < -0.3 is 9.84 Å². The predicted octanol–water partition coefficient (Wildman–Crippen LogP) is 4.39. The van der Waals surface area contributed by atoms with E-state index in [4.69, 9.17) is 4.52 Å². The minimum absolute atomic E-state index is 0.0981. The van der Waals surface area contributed by atoms with E-state index in [1.165, 1.54) is 24.3 Å². The van der Waals surface area contributed by atoms with Gasteiger partial charge in [0.2, 0.25) is 17.6 Å². The summed E-state index contributed by atoms with van der Waals surface area (Å²) in [6, 6.07) is 17.4. The lowest BCUT2D eigenvalue weighted by Crippen LogP contribution is -2.14. The van der Waals surface area contributed by atoms with Gasteiger partial charge in [0.25, 0.3) is 10.0 Å². The van der Waals surface area contributed by atoms with Gasteiger partial charge in [-0.3, -0.25) is 9.52 Å². The van der Waals surface area contributed by atoms with E-state index in [1.807, 2.05) is 30.3 Å². The van der Waals surface area contributed by atoms with Crippen LogP contribution in [0.2, 0.25) is 0 Å². The summed E-state index contributed by atoms with van der Waals surface area (Å²) < 4.78 is 58.6. The Kier molecular flexibility index (Phi) is 6.64. The number of benzene rings is 3. The highest BCUT2D eigenvalue weighted by Crippen LogP contribution is 2.20. The summed E-state index contributed by atoms with van der Waals surface area (Å²) in [4.78, 5) is 16.1. The van der Waals surface area contributed by atoms with Crippen LogP contribution in [0.3, 0.4) is 0 Å². The molecule has 0 bridgehead atoms. The number of halogens is 2. The fraction of sp³-hybridized carbons (Fsp3) is 0.0870. The maximum atomic E-state index is 13.4. The molecular formula is C23H18F2N4O4S. The molecule has 0 aliphatic carbocycles. The van der Waals surface area contributed by atoms with Crippen molar-refractivity contribution in [2.75, 3.05) is 10.0 Å². The molecule has 1 aromatic heterocycles. The zero-order chi connectivity index (χ0) is 24.1. The Morgan fingerprint density at radius 1 is 0.912 bits per heavy atom. The van der Waals surface area contributed by atoms with Crippen LogP contribution in [0.5, 0.6) is 0 Å². The number of sulfonamides is 1. The second-order valence-electron chi connectivity index (χ2n) is 7.18. The molecule has 8 nitrogen and oxygen atoms in total. The van der Waals surface area contributed by atoms with Crippen LogP contribution < -0.4 is 10.0 Å². The third kappa shape index (κ3) is 5.62. The molecule has 1 amide bonds. The lowest BCUT2D eigenvalue weighted by Gasteiger charge is -2.10. The number of carbonyl (C=O) groups is 1. The number of nitrogens with one attached hydrogen (secondary N) is 2. The largest absolute Gasteiger partial charge is 0.339 e. The van der Waals surface area contributed by atoms with Crippen LogP contribution >= 0.6 is 0 Å². The van der Waals surface area contributed by atoms with Crippen molar-refractivity contribution in [2.45, 2.75) is 17.7 Å². The lowest BCUT2D eigenvalue weighted by molar-refractivity contribution is -0.116. The molecule has 11 heteroatoms. The molecule has 0 saturated carbocycles. The number of aryl methyl sites for hydroxylation is 1. The zero-order valence-electron chi connectivity index (χ0n) is 17.5. The number of rotatable bonds is 8. The van der Waals surface area contributed by atoms with E-state index in [0.29, 0.717) is 23.5 Å². The first-order valence-electron chi connectivity index (χ1n) is 10.1. The molecule has 4 aromatic rings. The van der Waals surface area contributed by atoms with Crippen molar-refractivity contribution in [2.24, 2.45) is 0 Å². The van der Waals surface area contributed by atoms with Crippen LogP contribution in [0, 0.1) is 11.6 Å². The topological polar surface area (TPSA) is 114 Å². The van der Waals surface area contributed by atoms with Crippen molar-refractivity contribution < 1.29 is 26.5 Å². The van der Waals surface area contributed by atoms with Crippen LogP contribution in [0.25, 0.3) is 11.4 Å². The first-order chi connectivity index (χ1) is 16.3. The molecule has 0 spiro atoms. The summed E-state index contributed by atoms with van der Waals surface area (Å²) in [5.74, 6) is -1.93. The molecule has 174 valence electrons. The normalized spacial score (nSPS) is 11.2. The van der Waals surface area contributed by atoms with Gasteiger partial charge in [-0.05, 0) is 42.5 Å². The molecule has 4 rings (SSSR count). The van der Waals surface area contributed by atoms with Crippen LogP contribution in [-0.2, 0) is 21.2 Å². The Balaban J connectivity index is 1.31. The summed E-state index contributed by atoms with van der Waals surface area (Å²) in [6.07, 6.45) is 0.346. The molecule has 0 unspecified atom stereocenters. The Morgan fingerprint density at radius 3 is 2.32 bits per heavy atom. The van der Waals surface area contributed by atoms with Gasteiger partial charge in [0.15, 0.2) is 11.6 Å². The quantitative estimate of drug-likeness (QED) is 0.384. The molecule has 34 heavy (non-hydrogen) atoms. The lowest BCUT2D eigenvalue weighted by atomic mass is 10.2. The molecule has 0 aliphatic heterocycles. The molecule has 0 aliphatic rings. The zero-order valence-corrected chi connectivity index (χ0v) is 18.4. The highest BCUT2D eigenvalue weighted by Gasteiger charge is 2.17. The Labute approximate surface area is 193 Å². The summed E-state index contributed by atoms with van der Waals surface area (Å²) >= 11 is 0. The summed E-state index contributed by atoms with van der Waals surface area (Å²) in [6.45, 7) is 0. The first kappa shape index (κ1) is 23.1. The predicted molar refractivity (Wildman–Crippen MR) is 120 cm³/mol. The molecular weight excluding hydrogens is 466 g/mol. The molecule has 0 fully saturated rings. The summed E-state index contributed by atoms with van der Waals surface area (Å²) in [5.41, 5.74) is 1.43. The van der Waals surface area contributed by atoms with E-state index in [2.05, 4.69) is 20.2 Å². The fourth-order valence-corrected chi connectivity index (χ4v) is 4.05. The molecule has 0 atom stereocenters. The van der Waals surface area contributed by atoms with Crippen LogP contribution in [0.1, 0.15) is 12.3 Å². The van der Waals surface area contributed by atoms with Crippen LogP contribution in [-0.4, -0.2) is 24.5 Å². The van der Waals surface area contributed by atoms with Crippen LogP contribution in [0.4, 0.5) is 20.2 Å². The van der Waals surface area contributed by atoms with Gasteiger partial charge in [-0.15, -0.1) is 0 Å². The van der Waals surface area contributed by atoms with Gasteiger partial charge in [-0.25, -0.2) is 17.2 Å². The van der Waals surface area contributed by atoms with Gasteiger partial charge in [-0.1, -0.05) is 35.5 Å². The monoisotopic (exact) mass is 484 g/mol. The van der Waals surface area contributed by atoms with E-state index < -0.39 is 26.6 Å². The number of aromatic nitrogens is 2. The van der Waals surface area contributed by atoms with Gasteiger partial charge in [0.05, 0.1) is 4.90 Å². The summed E-state index contributed by atoms with van der Waals surface area (Å²) in [5, 5.41) is 6.59. The number of carbonyl (C=O) groups excluding carboxylic acids is 1. The average molecular weight is 484 g/mol. The van der Waals surface area contributed by atoms with Crippen molar-refractivity contribution in [3.63, 3.8) is 0 Å². The molecule has 0 saturated heterocycles. The Hall–Kier alpha value is -4.12. The standard InChI is InChI=1S/C23H18F2N4O4S/c24-19-11-10-18(14-20(19)25)34(31,32)29-17-8-6-16(7-9-17)26-21(30)12-13-22-27-23(28-33-22)15-4-2-1-3-5-15/h1-11,14,29H,12-13H2,(H,26,30). The maximum Gasteiger partial charge on any atom is 0.261 e. The number of hydrogen-bond donors (Lipinski definition) is 2. The minimum atomic E-state index is -4.11. The van der Waals surface area contributed by atoms with E-state index >= 15 is 0 Å². The average Bonchev–Trinajstić information content (AvgIpc) is 3.30. The van der Waals surface area contributed by atoms with E-state index in [9.17, 15) is 22.0 Å². The third-order valence-electron chi connectivity index (χ3n) is 4.69. The highest BCUT2D eigenvalue weighted by molar-refractivity contribution is 7.92. The summed E-state index contributed by atoms with van der Waals surface area (Å²) in [7, 11) is -4.11. The smallest absolute Gasteiger partial charge is 0.261 e. The van der Waals surface area contributed by atoms with Crippen molar-refractivity contribution in [1.29, 1.82) is 0 Å². The van der Waals surface area contributed by atoms with E-state index in [0.717, 1.165) is 17.7 Å². The molecule has 0 radical (unpaired) electrons. The molecule has 3 aromatic carbocycles. The minimum Gasteiger partial charge on any atom is -0.339 e. The van der Waals surface area contributed by atoms with Gasteiger partial charge in [0, 0.05) is 29.8 Å². The number of amides is 1. The number of hydrogen-bond acceptors (Lipinski definition) is 6. The second kappa shape index (κ2) is 9.79. The van der Waals surface area contributed by atoms with Crippen molar-refractivity contribution >= 4 is 27.3 Å². The maximum absolute atomic E-state index is 13.4. The van der Waals surface area contributed by atoms with E-state index in [-0.39, 0.29) is 24.4 Å². The van der Waals surface area contributed by atoms with Gasteiger partial charge in [0.1, 0.15) is 0 Å². The number of nitrogens with zero attached hydrogens (tertiary/aromatic N) is 2. The Morgan fingerprint density at radius 2 is 1.62 bits per heavy atom. The fourth-order valence-electron chi connectivity index (χ4n) is 2.98. The van der Waals surface area contributed by atoms with E-state index in [1.54, 1.807) is 0 Å². The molecule has 2 N–H and O–H groups in total. The highest BCUT2D eigenvalue weighted by atomic mass is 32.2. The molecule has 1 heterocycles. The Bertz CT molecular complexity index is 1410. The van der Waals surface area contributed by atoms with Gasteiger partial charge in [-0.2, -0.15) is 4.98 Å².